The fraction of sp³-hybridized carbons (Fsp3) is 0.154. The predicted octanol–water partition coefficient (Wildman–Crippen LogP) is 3.82. The fourth-order valence-corrected chi connectivity index (χ4v) is 1.82. The van der Waals surface area contributed by atoms with Crippen molar-refractivity contribution in [2.45, 2.75) is 0 Å². The van der Waals surface area contributed by atoms with Gasteiger partial charge in [-0.3, -0.25) is 0 Å². The second kappa shape index (κ2) is 7.25. The summed E-state index contributed by atoms with van der Waals surface area (Å²) in [7, 11) is 0. The Morgan fingerprint density at radius 1 is 1.24 bits per heavy atom. The highest BCUT2D eigenvalue weighted by atomic mass is 79.9. The van der Waals surface area contributed by atoms with E-state index in [9.17, 15) is 0 Å². The van der Waals surface area contributed by atoms with Crippen molar-refractivity contribution in [3.8, 4) is 0 Å². The number of nitrogens with one attached hydrogen (secondary N) is 1. The lowest BCUT2D eigenvalue weighted by molar-refractivity contribution is 0.522. The molecule has 1 N–H and O–H groups in total. The number of hydrogen-bond acceptors (Lipinski definition) is 1. The molecule has 1 rings (SSSR count). The zero-order valence-electron chi connectivity index (χ0n) is 9.53. The average Bonchev–Trinajstić information content (AvgIpc) is 2.32. The summed E-state index contributed by atoms with van der Waals surface area (Å²) in [6.45, 7) is 8.83. The molecule has 0 atom stereocenters. The summed E-state index contributed by atoms with van der Waals surface area (Å²) in [5, 5.41) is 3.85. The molecule has 0 unspecified atom stereocenters. The van der Waals surface area contributed by atoms with E-state index in [0.717, 1.165) is 10.2 Å². The molecule has 2 nitrogen and oxygen atoms in total. The van der Waals surface area contributed by atoms with Crippen LogP contribution in [0.3, 0.4) is 0 Å². The van der Waals surface area contributed by atoms with Crippen LogP contribution < -0.4 is 5.32 Å². The molecule has 0 aliphatic rings. The maximum Gasteiger partial charge on any atom is 0.173 e. The van der Waals surface area contributed by atoms with Gasteiger partial charge < -0.3 is 10.2 Å². The zero-order valence-corrected chi connectivity index (χ0v) is 11.9. The quantitative estimate of drug-likeness (QED) is 0.657. The van der Waals surface area contributed by atoms with Gasteiger partial charge >= 0.3 is 0 Å². The third-order valence-electron chi connectivity index (χ3n) is 2.08. The third-order valence-corrected chi connectivity index (χ3v) is 2.97. The Kier molecular flexibility index (Phi) is 5.94. The summed E-state index contributed by atoms with van der Waals surface area (Å²) in [5.41, 5.74) is 0.969. The minimum Gasteiger partial charge on any atom is -0.342 e. The van der Waals surface area contributed by atoms with Gasteiger partial charge in [0.2, 0.25) is 0 Å². The zero-order chi connectivity index (χ0) is 12.7. The monoisotopic (exact) mass is 310 g/mol. The highest BCUT2D eigenvalue weighted by Gasteiger charge is 2.05. The van der Waals surface area contributed by atoms with Gasteiger partial charge in [-0.1, -0.05) is 28.1 Å². The Morgan fingerprint density at radius 3 is 2.24 bits per heavy atom. The van der Waals surface area contributed by atoms with Crippen molar-refractivity contribution in [2.24, 2.45) is 0 Å². The Labute approximate surface area is 116 Å². The van der Waals surface area contributed by atoms with Crippen LogP contribution in [-0.2, 0) is 0 Å². The molecule has 0 bridgehead atoms. The molecular weight excluding hydrogens is 296 g/mol. The minimum atomic E-state index is 0.673. The first-order chi connectivity index (χ1) is 8.17. The summed E-state index contributed by atoms with van der Waals surface area (Å²) < 4.78 is 1.04. The van der Waals surface area contributed by atoms with Crippen molar-refractivity contribution in [1.82, 2.24) is 4.90 Å². The molecule has 17 heavy (non-hydrogen) atoms. The smallest absolute Gasteiger partial charge is 0.173 e. The van der Waals surface area contributed by atoms with Gasteiger partial charge in [0, 0.05) is 23.2 Å². The molecule has 0 spiro atoms. The molecule has 90 valence electrons. The molecule has 0 aliphatic heterocycles. The second-order valence-corrected chi connectivity index (χ2v) is 4.72. The maximum atomic E-state index is 5.33. The third kappa shape index (κ3) is 4.71. The van der Waals surface area contributed by atoms with E-state index in [0.29, 0.717) is 18.2 Å². The molecule has 0 aliphatic carbocycles. The van der Waals surface area contributed by atoms with E-state index in [1.165, 1.54) is 0 Å². The molecule has 0 aromatic heterocycles. The number of benzene rings is 1. The van der Waals surface area contributed by atoms with Crippen LogP contribution in [0.25, 0.3) is 0 Å². The van der Waals surface area contributed by atoms with Crippen molar-refractivity contribution in [1.29, 1.82) is 0 Å². The highest BCUT2D eigenvalue weighted by Crippen LogP contribution is 2.14. The second-order valence-electron chi connectivity index (χ2n) is 3.42. The number of hydrogen-bond donors (Lipinski definition) is 1. The Bertz CT molecular complexity index is 390. The van der Waals surface area contributed by atoms with Crippen LogP contribution in [0.1, 0.15) is 0 Å². The van der Waals surface area contributed by atoms with Gasteiger partial charge in [0.1, 0.15) is 0 Å². The molecule has 1 aromatic rings. The van der Waals surface area contributed by atoms with Crippen molar-refractivity contribution in [3.63, 3.8) is 0 Å². The number of nitrogens with zero attached hydrogens (tertiary/aromatic N) is 1. The van der Waals surface area contributed by atoms with Gasteiger partial charge in [0.15, 0.2) is 5.11 Å². The molecule has 0 saturated heterocycles. The SMILES string of the molecule is C=CCN(CC=C)C(=S)Nc1ccc(Br)cc1. The largest absolute Gasteiger partial charge is 0.342 e. The summed E-state index contributed by atoms with van der Waals surface area (Å²) in [4.78, 5) is 1.98. The lowest BCUT2D eigenvalue weighted by Crippen LogP contribution is -2.34. The van der Waals surface area contributed by atoms with Gasteiger partial charge in [0.05, 0.1) is 0 Å². The first-order valence-corrected chi connectivity index (χ1v) is 6.40. The summed E-state index contributed by atoms with van der Waals surface area (Å²) in [6, 6.07) is 7.87. The van der Waals surface area contributed by atoms with Gasteiger partial charge in [-0.15, -0.1) is 13.2 Å². The molecular formula is C13H15BrN2S. The minimum absolute atomic E-state index is 0.673. The highest BCUT2D eigenvalue weighted by molar-refractivity contribution is 9.10. The Balaban J connectivity index is 2.65. The van der Waals surface area contributed by atoms with Crippen LogP contribution in [0.15, 0.2) is 54.0 Å². The summed E-state index contributed by atoms with van der Waals surface area (Å²) in [5.74, 6) is 0. The van der Waals surface area contributed by atoms with E-state index in [-0.39, 0.29) is 0 Å². The van der Waals surface area contributed by atoms with Gasteiger partial charge in [-0.25, -0.2) is 0 Å². The van der Waals surface area contributed by atoms with Crippen molar-refractivity contribution in [3.05, 3.63) is 54.0 Å². The topological polar surface area (TPSA) is 15.3 Å². The number of halogens is 1. The van der Waals surface area contributed by atoms with Crippen LogP contribution in [0.4, 0.5) is 5.69 Å². The molecule has 1 aromatic carbocycles. The summed E-state index contributed by atoms with van der Waals surface area (Å²) >= 11 is 8.72. The van der Waals surface area contributed by atoms with E-state index in [2.05, 4.69) is 34.4 Å². The Hall–Kier alpha value is -1.13. The number of anilines is 1. The first-order valence-electron chi connectivity index (χ1n) is 5.20. The van der Waals surface area contributed by atoms with Crippen molar-refractivity contribution >= 4 is 38.9 Å². The standard InChI is InChI=1S/C13H15BrN2S/c1-3-9-16(10-4-2)13(17)15-12-7-5-11(14)6-8-12/h3-8H,1-2,9-10H2,(H,15,17). The van der Waals surface area contributed by atoms with Crippen LogP contribution >= 0.6 is 28.1 Å². The summed E-state index contributed by atoms with van der Waals surface area (Å²) in [6.07, 6.45) is 3.64. The van der Waals surface area contributed by atoms with E-state index >= 15 is 0 Å². The van der Waals surface area contributed by atoms with Crippen LogP contribution in [0.2, 0.25) is 0 Å². The number of rotatable bonds is 5. The molecule has 4 heteroatoms. The lowest BCUT2D eigenvalue weighted by Gasteiger charge is -2.23. The molecule has 0 saturated carbocycles. The van der Waals surface area contributed by atoms with Crippen LogP contribution in [0, 0.1) is 0 Å². The Morgan fingerprint density at radius 2 is 1.76 bits per heavy atom. The first kappa shape index (κ1) is 13.9. The lowest BCUT2D eigenvalue weighted by atomic mass is 10.3. The van der Waals surface area contributed by atoms with Crippen LogP contribution in [-0.4, -0.2) is 23.1 Å². The van der Waals surface area contributed by atoms with Gasteiger partial charge in [0.25, 0.3) is 0 Å². The van der Waals surface area contributed by atoms with Crippen LogP contribution in [0.5, 0.6) is 0 Å². The van der Waals surface area contributed by atoms with E-state index in [1.807, 2.05) is 41.3 Å². The molecule has 0 heterocycles. The van der Waals surface area contributed by atoms with E-state index in [1.54, 1.807) is 0 Å². The fourth-order valence-electron chi connectivity index (χ4n) is 1.29. The van der Waals surface area contributed by atoms with Crippen molar-refractivity contribution in [2.75, 3.05) is 18.4 Å². The number of thiocarbonyl (C=S) groups is 1. The molecule has 0 radical (unpaired) electrons. The van der Waals surface area contributed by atoms with E-state index in [4.69, 9.17) is 12.2 Å². The van der Waals surface area contributed by atoms with Gasteiger partial charge in [-0.05, 0) is 36.5 Å². The van der Waals surface area contributed by atoms with Crippen molar-refractivity contribution < 1.29 is 0 Å². The molecule has 0 amide bonds. The van der Waals surface area contributed by atoms with Gasteiger partial charge in [-0.2, -0.15) is 0 Å². The average molecular weight is 311 g/mol. The predicted molar refractivity (Wildman–Crippen MR) is 82.3 cm³/mol. The maximum absolute atomic E-state index is 5.33. The van der Waals surface area contributed by atoms with E-state index < -0.39 is 0 Å². The molecule has 0 fully saturated rings. The normalized spacial score (nSPS) is 9.47.